The molecule has 0 saturated heterocycles. The fraction of sp³-hybridized carbons (Fsp3) is 0.286. The van der Waals surface area contributed by atoms with E-state index in [1.54, 1.807) is 12.1 Å². The third-order valence-electron chi connectivity index (χ3n) is 5.11. The molecule has 0 atom stereocenters. The number of hydrogen-bond donors (Lipinski definition) is 1. The van der Waals surface area contributed by atoms with E-state index < -0.39 is 10.0 Å². The van der Waals surface area contributed by atoms with Gasteiger partial charge in [0, 0.05) is 17.0 Å². The van der Waals surface area contributed by atoms with Crippen LogP contribution in [-0.4, -0.2) is 13.4 Å². The Hall–Kier alpha value is -2.44. The molecule has 2 aromatic carbocycles. The van der Waals surface area contributed by atoms with Crippen molar-refractivity contribution in [1.82, 2.24) is 4.98 Å². The van der Waals surface area contributed by atoms with E-state index in [1.165, 1.54) is 31.4 Å². The van der Waals surface area contributed by atoms with Crippen molar-refractivity contribution in [2.75, 3.05) is 0 Å². The van der Waals surface area contributed by atoms with Gasteiger partial charge < -0.3 is 4.42 Å². The maximum Gasteiger partial charge on any atom is 0.238 e. The Morgan fingerprint density at radius 3 is 2.19 bits per heavy atom. The molecule has 27 heavy (non-hydrogen) atoms. The van der Waals surface area contributed by atoms with Crippen molar-refractivity contribution in [2.24, 2.45) is 5.14 Å². The standard InChI is InChI=1S/C21H22N2O3S/c22-27(24,25)18-13-11-16(12-14-18)20-19(15-7-3-1-4-8-15)23-21(26-20)17-9-5-2-6-10-17/h2,5-6,9-15H,1,3-4,7-8H2,(H2,22,24,25). The zero-order valence-electron chi connectivity index (χ0n) is 15.0. The predicted octanol–water partition coefficient (Wildman–Crippen LogP) is 4.70. The van der Waals surface area contributed by atoms with Crippen LogP contribution < -0.4 is 5.14 Å². The van der Waals surface area contributed by atoms with Crippen molar-refractivity contribution >= 4 is 10.0 Å². The van der Waals surface area contributed by atoms with Crippen LogP contribution in [-0.2, 0) is 10.0 Å². The van der Waals surface area contributed by atoms with Crippen LogP contribution in [0, 0.1) is 0 Å². The molecule has 1 saturated carbocycles. The minimum atomic E-state index is -3.72. The predicted molar refractivity (Wildman–Crippen MR) is 105 cm³/mol. The van der Waals surface area contributed by atoms with Crippen LogP contribution in [0.4, 0.5) is 0 Å². The zero-order valence-corrected chi connectivity index (χ0v) is 15.8. The summed E-state index contributed by atoms with van der Waals surface area (Å²) in [5, 5.41) is 5.21. The molecule has 2 N–H and O–H groups in total. The number of aromatic nitrogens is 1. The molecule has 0 bridgehead atoms. The quantitative estimate of drug-likeness (QED) is 0.708. The molecule has 4 rings (SSSR count). The van der Waals surface area contributed by atoms with Crippen LogP contribution in [0.5, 0.6) is 0 Å². The molecule has 0 amide bonds. The average molecular weight is 382 g/mol. The normalized spacial score (nSPS) is 15.7. The highest BCUT2D eigenvalue weighted by Crippen LogP contribution is 2.40. The van der Waals surface area contributed by atoms with Gasteiger partial charge in [0.15, 0.2) is 5.76 Å². The monoisotopic (exact) mass is 382 g/mol. The Balaban J connectivity index is 1.79. The van der Waals surface area contributed by atoms with Crippen LogP contribution in [0.1, 0.15) is 43.7 Å². The summed E-state index contributed by atoms with van der Waals surface area (Å²) in [6, 6.07) is 16.3. The summed E-state index contributed by atoms with van der Waals surface area (Å²) >= 11 is 0. The Bertz CT molecular complexity index is 1020. The second-order valence-corrected chi connectivity index (χ2v) is 8.57. The van der Waals surface area contributed by atoms with Gasteiger partial charge in [0.2, 0.25) is 15.9 Å². The van der Waals surface area contributed by atoms with Gasteiger partial charge >= 0.3 is 0 Å². The molecule has 1 heterocycles. The van der Waals surface area contributed by atoms with Crippen LogP contribution in [0.3, 0.4) is 0 Å². The fourth-order valence-electron chi connectivity index (χ4n) is 3.69. The zero-order chi connectivity index (χ0) is 18.9. The van der Waals surface area contributed by atoms with Gasteiger partial charge in [-0.1, -0.05) is 37.5 Å². The second kappa shape index (κ2) is 7.29. The highest BCUT2D eigenvalue weighted by atomic mass is 32.2. The smallest absolute Gasteiger partial charge is 0.238 e. The van der Waals surface area contributed by atoms with Crippen molar-refractivity contribution < 1.29 is 12.8 Å². The summed E-state index contributed by atoms with van der Waals surface area (Å²) < 4.78 is 29.2. The topological polar surface area (TPSA) is 86.2 Å². The lowest BCUT2D eigenvalue weighted by Crippen LogP contribution is -2.11. The van der Waals surface area contributed by atoms with Gasteiger partial charge in [0.1, 0.15) is 0 Å². The maximum absolute atomic E-state index is 11.5. The third-order valence-corrected chi connectivity index (χ3v) is 6.04. The van der Waals surface area contributed by atoms with Gasteiger partial charge in [0.25, 0.3) is 0 Å². The molecular weight excluding hydrogens is 360 g/mol. The molecule has 0 spiro atoms. The lowest BCUT2D eigenvalue weighted by molar-refractivity contribution is 0.437. The van der Waals surface area contributed by atoms with Gasteiger partial charge in [-0.25, -0.2) is 18.5 Å². The summed E-state index contributed by atoms with van der Waals surface area (Å²) in [5.41, 5.74) is 2.72. The van der Waals surface area contributed by atoms with Crippen molar-refractivity contribution in [3.63, 3.8) is 0 Å². The molecule has 6 heteroatoms. The molecule has 1 fully saturated rings. The SMILES string of the molecule is NS(=O)(=O)c1ccc(-c2oc(-c3ccccc3)nc2C2CCCCC2)cc1. The van der Waals surface area contributed by atoms with E-state index in [4.69, 9.17) is 14.5 Å². The highest BCUT2D eigenvalue weighted by molar-refractivity contribution is 7.89. The summed E-state index contributed by atoms with van der Waals surface area (Å²) in [6.07, 6.45) is 5.86. The molecule has 140 valence electrons. The highest BCUT2D eigenvalue weighted by Gasteiger charge is 2.25. The van der Waals surface area contributed by atoms with Gasteiger partial charge in [-0.05, 0) is 49.2 Å². The van der Waals surface area contributed by atoms with Crippen LogP contribution in [0.2, 0.25) is 0 Å². The minimum absolute atomic E-state index is 0.0910. The van der Waals surface area contributed by atoms with Crippen molar-refractivity contribution in [3.05, 3.63) is 60.3 Å². The number of oxazole rings is 1. The maximum atomic E-state index is 11.5. The largest absolute Gasteiger partial charge is 0.436 e. The first-order chi connectivity index (χ1) is 13.0. The Kier molecular flexibility index (Phi) is 4.85. The van der Waals surface area contributed by atoms with Gasteiger partial charge in [-0.3, -0.25) is 0 Å². The van der Waals surface area contributed by atoms with Crippen LogP contribution in [0.25, 0.3) is 22.8 Å². The van der Waals surface area contributed by atoms with Crippen molar-refractivity contribution in [2.45, 2.75) is 42.9 Å². The summed E-state index contributed by atoms with van der Waals surface area (Å²) in [7, 11) is -3.72. The number of nitrogens with two attached hydrogens (primary N) is 1. The Morgan fingerprint density at radius 2 is 1.56 bits per heavy atom. The van der Waals surface area contributed by atoms with Gasteiger partial charge in [-0.15, -0.1) is 0 Å². The molecule has 5 nitrogen and oxygen atoms in total. The van der Waals surface area contributed by atoms with E-state index in [-0.39, 0.29) is 4.90 Å². The molecule has 0 unspecified atom stereocenters. The fourth-order valence-corrected chi connectivity index (χ4v) is 4.21. The molecule has 1 aliphatic carbocycles. The number of nitrogens with zero attached hydrogens (tertiary/aromatic N) is 1. The molecule has 1 aliphatic rings. The van der Waals surface area contributed by atoms with Crippen molar-refractivity contribution in [3.8, 4) is 22.8 Å². The van der Waals surface area contributed by atoms with E-state index in [1.807, 2.05) is 30.3 Å². The first kappa shape index (κ1) is 17.9. The molecular formula is C21H22N2O3S. The number of rotatable bonds is 4. The van der Waals surface area contributed by atoms with Crippen LogP contribution in [0.15, 0.2) is 63.9 Å². The molecule has 3 aromatic rings. The van der Waals surface area contributed by atoms with E-state index in [2.05, 4.69) is 0 Å². The van der Waals surface area contributed by atoms with Gasteiger partial charge in [0.05, 0.1) is 10.6 Å². The minimum Gasteiger partial charge on any atom is -0.436 e. The molecule has 0 radical (unpaired) electrons. The van der Waals surface area contributed by atoms with E-state index in [0.717, 1.165) is 35.4 Å². The van der Waals surface area contributed by atoms with Gasteiger partial charge in [-0.2, -0.15) is 0 Å². The Morgan fingerprint density at radius 1 is 0.889 bits per heavy atom. The average Bonchev–Trinajstić information content (AvgIpc) is 3.14. The Labute approximate surface area is 159 Å². The first-order valence-electron chi connectivity index (χ1n) is 9.22. The van der Waals surface area contributed by atoms with E-state index in [0.29, 0.717) is 11.8 Å². The lowest BCUT2D eigenvalue weighted by Gasteiger charge is -2.20. The summed E-state index contributed by atoms with van der Waals surface area (Å²) in [6.45, 7) is 0. The number of sulfonamides is 1. The third kappa shape index (κ3) is 3.82. The van der Waals surface area contributed by atoms with Crippen LogP contribution >= 0.6 is 0 Å². The molecule has 1 aromatic heterocycles. The van der Waals surface area contributed by atoms with E-state index in [9.17, 15) is 8.42 Å². The number of hydrogen-bond acceptors (Lipinski definition) is 4. The summed E-state index contributed by atoms with van der Waals surface area (Å²) in [4.78, 5) is 4.93. The van der Waals surface area contributed by atoms with E-state index >= 15 is 0 Å². The number of primary sulfonamides is 1. The van der Waals surface area contributed by atoms with Crippen molar-refractivity contribution in [1.29, 1.82) is 0 Å². The summed E-state index contributed by atoms with van der Waals surface area (Å²) in [5.74, 6) is 1.69. The lowest BCUT2D eigenvalue weighted by atomic mass is 9.85. The molecule has 0 aliphatic heterocycles. The number of benzene rings is 2. The second-order valence-electron chi connectivity index (χ2n) is 7.00. The first-order valence-corrected chi connectivity index (χ1v) is 10.8.